The summed E-state index contributed by atoms with van der Waals surface area (Å²) in [6.07, 6.45) is 1.88. The number of amides is 1. The topological polar surface area (TPSA) is 72.5 Å². The maximum Gasteiger partial charge on any atom is 0.348 e. The summed E-state index contributed by atoms with van der Waals surface area (Å²) in [6.45, 7) is 1.07. The number of thioether (sulfide) groups is 1. The molecule has 0 radical (unpaired) electrons. The molecule has 2 rings (SSSR count). The molecular weight excluding hydrogens is 334 g/mol. The van der Waals surface area contributed by atoms with E-state index in [1.807, 2.05) is 6.26 Å². The standard InChI is InChI=1S/C16H15NO4S2/c1-10(18)17-12-8-11(5-6-14(12)22-2)13(19)9-21-16(20)15-4-3-7-23-15/h3-8H,9H2,1-2H3,(H,17,18). The molecule has 120 valence electrons. The molecule has 0 bridgehead atoms. The predicted octanol–water partition coefficient (Wildman–Crippen LogP) is 3.47. The van der Waals surface area contributed by atoms with E-state index >= 15 is 0 Å². The van der Waals surface area contributed by atoms with E-state index < -0.39 is 5.97 Å². The predicted molar refractivity (Wildman–Crippen MR) is 91.5 cm³/mol. The van der Waals surface area contributed by atoms with Crippen LogP contribution in [0.1, 0.15) is 27.0 Å². The molecule has 1 aromatic heterocycles. The van der Waals surface area contributed by atoms with Gasteiger partial charge >= 0.3 is 5.97 Å². The molecule has 0 spiro atoms. The minimum atomic E-state index is -0.517. The average molecular weight is 349 g/mol. The molecule has 7 heteroatoms. The third kappa shape index (κ3) is 4.67. The molecule has 1 aromatic carbocycles. The van der Waals surface area contributed by atoms with Crippen molar-refractivity contribution in [2.24, 2.45) is 0 Å². The lowest BCUT2D eigenvalue weighted by Gasteiger charge is -2.10. The van der Waals surface area contributed by atoms with E-state index in [4.69, 9.17) is 4.74 Å². The fourth-order valence-corrected chi connectivity index (χ4v) is 3.00. The minimum absolute atomic E-state index is 0.214. The highest BCUT2D eigenvalue weighted by Gasteiger charge is 2.14. The number of carbonyl (C=O) groups excluding carboxylic acids is 3. The van der Waals surface area contributed by atoms with E-state index in [0.29, 0.717) is 16.1 Å². The molecule has 0 unspecified atom stereocenters. The van der Waals surface area contributed by atoms with Crippen molar-refractivity contribution >= 4 is 46.4 Å². The first-order chi connectivity index (χ1) is 11.0. The van der Waals surface area contributed by atoms with Crippen molar-refractivity contribution in [2.75, 3.05) is 18.2 Å². The molecule has 0 saturated carbocycles. The number of esters is 1. The van der Waals surface area contributed by atoms with Crippen LogP contribution in [0.15, 0.2) is 40.6 Å². The van der Waals surface area contributed by atoms with E-state index in [0.717, 1.165) is 4.90 Å². The van der Waals surface area contributed by atoms with Gasteiger partial charge in [-0.25, -0.2) is 4.79 Å². The van der Waals surface area contributed by atoms with E-state index in [-0.39, 0.29) is 18.3 Å². The van der Waals surface area contributed by atoms with Gasteiger partial charge < -0.3 is 10.1 Å². The zero-order valence-corrected chi connectivity index (χ0v) is 14.3. The summed E-state index contributed by atoms with van der Waals surface area (Å²) in [5.74, 6) is -1.06. The molecule has 1 amide bonds. The van der Waals surface area contributed by atoms with Crippen molar-refractivity contribution in [3.63, 3.8) is 0 Å². The smallest absolute Gasteiger partial charge is 0.348 e. The van der Waals surface area contributed by atoms with Gasteiger partial charge in [0.2, 0.25) is 5.91 Å². The van der Waals surface area contributed by atoms with Crippen LogP contribution in [0.2, 0.25) is 0 Å². The normalized spacial score (nSPS) is 10.2. The van der Waals surface area contributed by atoms with Crippen molar-refractivity contribution in [1.29, 1.82) is 0 Å². The first-order valence-electron chi connectivity index (χ1n) is 6.70. The van der Waals surface area contributed by atoms with Gasteiger partial charge in [0.1, 0.15) is 4.88 Å². The monoisotopic (exact) mass is 349 g/mol. The second kappa shape index (κ2) is 7.94. The van der Waals surface area contributed by atoms with Crippen molar-refractivity contribution in [2.45, 2.75) is 11.8 Å². The minimum Gasteiger partial charge on any atom is -0.453 e. The molecule has 1 N–H and O–H groups in total. The van der Waals surface area contributed by atoms with Crippen molar-refractivity contribution in [3.05, 3.63) is 46.2 Å². The number of thiophene rings is 1. The number of hydrogen-bond donors (Lipinski definition) is 1. The highest BCUT2D eigenvalue weighted by Crippen LogP contribution is 2.26. The van der Waals surface area contributed by atoms with Crippen LogP contribution in [-0.2, 0) is 9.53 Å². The second-order valence-corrected chi connectivity index (χ2v) is 6.37. The van der Waals surface area contributed by atoms with Crippen LogP contribution in [0, 0.1) is 0 Å². The molecule has 0 saturated heterocycles. The molecule has 0 atom stereocenters. The highest BCUT2D eigenvalue weighted by atomic mass is 32.2. The van der Waals surface area contributed by atoms with Gasteiger partial charge in [0.05, 0.1) is 5.69 Å². The third-order valence-electron chi connectivity index (χ3n) is 2.89. The Kier molecular flexibility index (Phi) is 5.95. The van der Waals surface area contributed by atoms with Crippen molar-refractivity contribution < 1.29 is 19.1 Å². The van der Waals surface area contributed by atoms with Crippen LogP contribution in [-0.4, -0.2) is 30.5 Å². The van der Waals surface area contributed by atoms with E-state index in [1.165, 1.54) is 30.0 Å². The van der Waals surface area contributed by atoms with Gasteiger partial charge in [-0.05, 0) is 29.8 Å². The molecule has 2 aromatic rings. The molecule has 0 aliphatic heterocycles. The third-order valence-corrected chi connectivity index (χ3v) is 4.53. The summed E-state index contributed by atoms with van der Waals surface area (Å²) >= 11 is 2.72. The van der Waals surface area contributed by atoms with Crippen LogP contribution in [0.3, 0.4) is 0 Å². The SMILES string of the molecule is CSc1ccc(C(=O)COC(=O)c2cccs2)cc1NC(C)=O. The number of hydrogen-bond acceptors (Lipinski definition) is 6. The average Bonchev–Trinajstić information content (AvgIpc) is 3.06. The van der Waals surface area contributed by atoms with Gasteiger partial charge in [-0.15, -0.1) is 23.1 Å². The van der Waals surface area contributed by atoms with Gasteiger partial charge in [0.25, 0.3) is 0 Å². The maximum absolute atomic E-state index is 12.2. The molecule has 0 fully saturated rings. The molecule has 0 aliphatic rings. The van der Waals surface area contributed by atoms with Gasteiger partial charge in [0.15, 0.2) is 12.4 Å². The number of benzene rings is 1. The number of rotatable bonds is 6. The summed E-state index contributed by atoms with van der Waals surface area (Å²) < 4.78 is 5.01. The summed E-state index contributed by atoms with van der Waals surface area (Å²) in [5, 5.41) is 4.45. The molecular formula is C16H15NO4S2. The number of ether oxygens (including phenoxy) is 1. The van der Waals surface area contributed by atoms with Gasteiger partial charge in [-0.1, -0.05) is 12.1 Å². The Bertz CT molecular complexity index is 726. The number of nitrogens with one attached hydrogen (secondary N) is 1. The van der Waals surface area contributed by atoms with Crippen LogP contribution in [0.25, 0.3) is 0 Å². The summed E-state index contributed by atoms with van der Waals surface area (Å²) in [5.41, 5.74) is 0.950. The Balaban J connectivity index is 2.07. The number of Topliss-reactive ketones (excluding diaryl/α,β-unsaturated/α-hetero) is 1. The molecule has 5 nitrogen and oxygen atoms in total. The fourth-order valence-electron chi connectivity index (χ4n) is 1.85. The maximum atomic E-state index is 12.2. The Morgan fingerprint density at radius 2 is 2.04 bits per heavy atom. The first kappa shape index (κ1) is 17.2. The Morgan fingerprint density at radius 1 is 1.26 bits per heavy atom. The van der Waals surface area contributed by atoms with Crippen LogP contribution in [0.5, 0.6) is 0 Å². The van der Waals surface area contributed by atoms with E-state index in [2.05, 4.69) is 5.32 Å². The quantitative estimate of drug-likeness (QED) is 0.491. The van der Waals surface area contributed by atoms with Crippen molar-refractivity contribution in [1.82, 2.24) is 0 Å². The number of anilines is 1. The van der Waals surface area contributed by atoms with Crippen LogP contribution in [0.4, 0.5) is 5.69 Å². The van der Waals surface area contributed by atoms with Gasteiger partial charge in [-0.3, -0.25) is 9.59 Å². The summed E-state index contributed by atoms with van der Waals surface area (Å²) in [7, 11) is 0. The van der Waals surface area contributed by atoms with Gasteiger partial charge in [-0.2, -0.15) is 0 Å². The zero-order chi connectivity index (χ0) is 16.8. The van der Waals surface area contributed by atoms with E-state index in [9.17, 15) is 14.4 Å². The highest BCUT2D eigenvalue weighted by molar-refractivity contribution is 7.98. The fraction of sp³-hybridized carbons (Fsp3) is 0.188. The van der Waals surface area contributed by atoms with Gasteiger partial charge in [0, 0.05) is 17.4 Å². The largest absolute Gasteiger partial charge is 0.453 e. The number of ketones is 1. The Hall–Kier alpha value is -2.12. The lowest BCUT2D eigenvalue weighted by Crippen LogP contribution is -2.14. The lowest BCUT2D eigenvalue weighted by atomic mass is 10.1. The van der Waals surface area contributed by atoms with Crippen molar-refractivity contribution in [3.8, 4) is 0 Å². The zero-order valence-electron chi connectivity index (χ0n) is 12.6. The second-order valence-electron chi connectivity index (χ2n) is 4.57. The summed E-state index contributed by atoms with van der Waals surface area (Å²) in [6, 6.07) is 8.38. The Labute approximate surface area is 142 Å². The molecule has 1 heterocycles. The number of carbonyl (C=O) groups is 3. The van der Waals surface area contributed by atoms with E-state index in [1.54, 1.807) is 35.7 Å². The Morgan fingerprint density at radius 3 is 2.65 bits per heavy atom. The lowest BCUT2D eigenvalue weighted by molar-refractivity contribution is -0.114. The first-order valence-corrected chi connectivity index (χ1v) is 8.81. The molecule has 23 heavy (non-hydrogen) atoms. The summed E-state index contributed by atoms with van der Waals surface area (Å²) in [4.78, 5) is 36.4. The van der Waals surface area contributed by atoms with Crippen LogP contribution >= 0.6 is 23.1 Å². The van der Waals surface area contributed by atoms with Crippen LogP contribution < -0.4 is 5.32 Å². The molecule has 0 aliphatic carbocycles.